The third kappa shape index (κ3) is 3.35. The average molecular weight is 388 g/mol. The first-order valence-corrected chi connectivity index (χ1v) is 9.16. The van der Waals surface area contributed by atoms with Crippen molar-refractivity contribution in [2.45, 2.75) is 4.90 Å². The summed E-state index contributed by atoms with van der Waals surface area (Å²) in [7, 11) is -4.03. The molecule has 0 aliphatic carbocycles. The van der Waals surface area contributed by atoms with Gasteiger partial charge in [-0.25, -0.2) is 13.2 Å². The van der Waals surface area contributed by atoms with Crippen molar-refractivity contribution < 1.29 is 27.1 Å². The van der Waals surface area contributed by atoms with Gasteiger partial charge in [0.05, 0.1) is 4.90 Å². The molecule has 2 heterocycles. The summed E-state index contributed by atoms with van der Waals surface area (Å²) in [5, 5.41) is 0.430. The highest BCUT2D eigenvalue weighted by Crippen LogP contribution is 2.32. The number of fused-ring (bicyclic) bond motifs is 2. The molecule has 9 nitrogen and oxygen atoms in total. The van der Waals surface area contributed by atoms with Crippen molar-refractivity contribution in [1.82, 2.24) is 10.3 Å². The van der Waals surface area contributed by atoms with Gasteiger partial charge in [-0.05, 0) is 42.5 Å². The van der Waals surface area contributed by atoms with Gasteiger partial charge in [0.15, 0.2) is 11.5 Å². The number of hydrogen-bond donors (Lipinski definition) is 2. The third-order valence-electron chi connectivity index (χ3n) is 3.83. The molecule has 0 unspecified atom stereocenters. The Hall–Kier alpha value is -3.37. The first-order valence-electron chi connectivity index (χ1n) is 7.68. The minimum Gasteiger partial charge on any atom is -0.454 e. The lowest BCUT2D eigenvalue weighted by Gasteiger charge is -2.09. The molecular formula is C17H12N2O7S. The second kappa shape index (κ2) is 6.41. The Morgan fingerprint density at radius 2 is 1.78 bits per heavy atom. The highest BCUT2D eigenvalue weighted by Gasteiger charge is 2.19. The first-order chi connectivity index (χ1) is 12.9. The van der Waals surface area contributed by atoms with Crippen molar-refractivity contribution >= 4 is 26.9 Å². The molecule has 1 aromatic heterocycles. The van der Waals surface area contributed by atoms with E-state index < -0.39 is 21.6 Å². The van der Waals surface area contributed by atoms with Crippen LogP contribution < -0.4 is 25.4 Å². The Balaban J connectivity index is 1.52. The van der Waals surface area contributed by atoms with E-state index in [1.807, 2.05) is 4.83 Å². The zero-order valence-corrected chi connectivity index (χ0v) is 14.4. The second-order valence-corrected chi connectivity index (χ2v) is 7.26. The quantitative estimate of drug-likeness (QED) is 0.507. The van der Waals surface area contributed by atoms with Crippen LogP contribution in [0.3, 0.4) is 0 Å². The number of benzene rings is 2. The van der Waals surface area contributed by atoms with E-state index in [0.717, 1.165) is 0 Å². The van der Waals surface area contributed by atoms with Gasteiger partial charge >= 0.3 is 5.63 Å². The molecule has 0 fully saturated rings. The van der Waals surface area contributed by atoms with Crippen LogP contribution >= 0.6 is 0 Å². The van der Waals surface area contributed by atoms with Crippen molar-refractivity contribution in [3.63, 3.8) is 0 Å². The standard InChI is InChI=1S/C17H12N2O7S/c20-16-6-2-10-7-12(3-5-13(10)26-16)27(22,23)19-18-17(21)11-1-4-14-15(8-11)25-9-24-14/h1-8,19H,9H2,(H,18,21). The molecular weight excluding hydrogens is 376 g/mol. The van der Waals surface area contributed by atoms with Crippen LogP contribution in [0.15, 0.2) is 62.6 Å². The summed E-state index contributed by atoms with van der Waals surface area (Å²) >= 11 is 0. The van der Waals surface area contributed by atoms with Gasteiger partial charge in [0.25, 0.3) is 15.9 Å². The van der Waals surface area contributed by atoms with Gasteiger partial charge in [0.2, 0.25) is 6.79 Å². The molecule has 0 atom stereocenters. The molecule has 4 rings (SSSR count). The van der Waals surface area contributed by atoms with Crippen LogP contribution in [0.1, 0.15) is 10.4 Å². The zero-order valence-electron chi connectivity index (χ0n) is 13.6. The van der Waals surface area contributed by atoms with Gasteiger partial charge in [-0.2, -0.15) is 0 Å². The Labute approximate surface area is 152 Å². The Morgan fingerprint density at radius 3 is 2.63 bits per heavy atom. The van der Waals surface area contributed by atoms with Crippen LogP contribution in [0.2, 0.25) is 0 Å². The normalized spacial score (nSPS) is 12.9. The number of ether oxygens (including phenoxy) is 2. The summed E-state index contributed by atoms with van der Waals surface area (Å²) in [6.45, 7) is 0.0646. The minimum absolute atomic E-state index is 0.0646. The smallest absolute Gasteiger partial charge is 0.336 e. The number of rotatable bonds is 4. The second-order valence-electron chi connectivity index (χ2n) is 5.58. The molecule has 1 aliphatic rings. The molecule has 2 N–H and O–H groups in total. The van der Waals surface area contributed by atoms with E-state index in [1.165, 1.54) is 42.5 Å². The van der Waals surface area contributed by atoms with Crippen LogP contribution in [-0.2, 0) is 10.0 Å². The monoisotopic (exact) mass is 388 g/mol. The topological polar surface area (TPSA) is 124 Å². The fourth-order valence-corrected chi connectivity index (χ4v) is 3.37. The number of amides is 1. The predicted molar refractivity (Wildman–Crippen MR) is 92.8 cm³/mol. The van der Waals surface area contributed by atoms with E-state index in [-0.39, 0.29) is 22.8 Å². The maximum absolute atomic E-state index is 12.4. The summed E-state index contributed by atoms with van der Waals surface area (Å²) in [5.74, 6) is 0.250. The number of hydrogen-bond acceptors (Lipinski definition) is 7. The average Bonchev–Trinajstić information content (AvgIpc) is 3.13. The summed E-state index contributed by atoms with van der Waals surface area (Å²) in [4.78, 5) is 25.3. The van der Waals surface area contributed by atoms with E-state index in [0.29, 0.717) is 16.9 Å². The lowest BCUT2D eigenvalue weighted by molar-refractivity contribution is 0.0944. The lowest BCUT2D eigenvalue weighted by atomic mass is 10.2. The van der Waals surface area contributed by atoms with Crippen LogP contribution in [0.4, 0.5) is 0 Å². The largest absolute Gasteiger partial charge is 0.454 e. The lowest BCUT2D eigenvalue weighted by Crippen LogP contribution is -2.41. The van der Waals surface area contributed by atoms with Gasteiger partial charge in [-0.1, -0.05) is 0 Å². The first kappa shape index (κ1) is 17.1. The summed E-state index contributed by atoms with van der Waals surface area (Å²) in [6, 6.07) is 11.1. The Kier molecular flexibility index (Phi) is 4.05. The van der Waals surface area contributed by atoms with Crippen LogP contribution in [0.5, 0.6) is 11.5 Å². The minimum atomic E-state index is -4.03. The van der Waals surface area contributed by atoms with E-state index >= 15 is 0 Å². The molecule has 0 spiro atoms. The van der Waals surface area contributed by atoms with E-state index in [1.54, 1.807) is 6.07 Å². The van der Waals surface area contributed by atoms with Crippen molar-refractivity contribution in [3.05, 3.63) is 64.5 Å². The van der Waals surface area contributed by atoms with Crippen LogP contribution in [0.25, 0.3) is 11.0 Å². The number of carbonyl (C=O) groups excluding carboxylic acids is 1. The molecule has 1 amide bonds. The van der Waals surface area contributed by atoms with Gasteiger partial charge in [0.1, 0.15) is 5.58 Å². The summed E-state index contributed by atoms with van der Waals surface area (Å²) < 4.78 is 40.1. The predicted octanol–water partition coefficient (Wildman–Crippen LogP) is 1.14. The molecule has 0 saturated heterocycles. The molecule has 0 saturated carbocycles. The van der Waals surface area contributed by atoms with Crippen LogP contribution in [0, 0.1) is 0 Å². The molecule has 2 aromatic carbocycles. The molecule has 138 valence electrons. The number of hydrazine groups is 1. The van der Waals surface area contributed by atoms with Gasteiger partial charge < -0.3 is 13.9 Å². The SMILES string of the molecule is O=C(NNS(=O)(=O)c1ccc2oc(=O)ccc2c1)c1ccc2c(c1)OCO2. The third-order valence-corrected chi connectivity index (χ3v) is 5.08. The van der Waals surface area contributed by atoms with Gasteiger partial charge in [-0.3, -0.25) is 10.2 Å². The molecule has 0 radical (unpaired) electrons. The number of carbonyl (C=O) groups is 1. The van der Waals surface area contributed by atoms with Crippen molar-refractivity contribution in [2.24, 2.45) is 0 Å². The van der Waals surface area contributed by atoms with Crippen molar-refractivity contribution in [3.8, 4) is 11.5 Å². The highest BCUT2D eigenvalue weighted by molar-refractivity contribution is 7.89. The van der Waals surface area contributed by atoms with Crippen LogP contribution in [-0.4, -0.2) is 21.1 Å². The van der Waals surface area contributed by atoms with Crippen molar-refractivity contribution in [1.29, 1.82) is 0 Å². The number of sulfonamides is 1. The summed E-state index contributed by atoms with van der Waals surface area (Å²) in [5.41, 5.74) is 2.06. The number of nitrogens with one attached hydrogen (secondary N) is 2. The van der Waals surface area contributed by atoms with Gasteiger partial charge in [0, 0.05) is 17.0 Å². The summed E-state index contributed by atoms with van der Waals surface area (Å²) in [6.07, 6.45) is 0. The zero-order chi connectivity index (χ0) is 19.0. The van der Waals surface area contributed by atoms with E-state index in [4.69, 9.17) is 13.9 Å². The van der Waals surface area contributed by atoms with Crippen molar-refractivity contribution in [2.75, 3.05) is 6.79 Å². The van der Waals surface area contributed by atoms with Gasteiger partial charge in [-0.15, -0.1) is 4.83 Å². The molecule has 27 heavy (non-hydrogen) atoms. The molecule has 3 aromatic rings. The maximum Gasteiger partial charge on any atom is 0.336 e. The Morgan fingerprint density at radius 1 is 0.963 bits per heavy atom. The maximum atomic E-state index is 12.4. The Bertz CT molecular complexity index is 1220. The molecule has 10 heteroatoms. The molecule has 1 aliphatic heterocycles. The van der Waals surface area contributed by atoms with E-state index in [9.17, 15) is 18.0 Å². The highest BCUT2D eigenvalue weighted by atomic mass is 32.2. The van der Waals surface area contributed by atoms with E-state index in [2.05, 4.69) is 5.43 Å². The fraction of sp³-hybridized carbons (Fsp3) is 0.0588. The fourth-order valence-electron chi connectivity index (χ4n) is 2.50. The molecule has 0 bridgehead atoms.